The number of para-hydroxylation sites is 3. The van der Waals surface area contributed by atoms with Crippen LogP contribution in [0.3, 0.4) is 0 Å². The van der Waals surface area contributed by atoms with Crippen molar-refractivity contribution in [3.8, 4) is 11.1 Å². The number of furan rings is 1. The molecule has 0 bridgehead atoms. The van der Waals surface area contributed by atoms with Crippen molar-refractivity contribution in [3.05, 3.63) is 138 Å². The summed E-state index contributed by atoms with van der Waals surface area (Å²) in [4.78, 5) is 5.14. The van der Waals surface area contributed by atoms with Crippen LogP contribution in [0.4, 0.5) is 5.69 Å². The fraction of sp³-hybridized carbons (Fsp3) is 0.0312. The minimum Gasteiger partial charge on any atom is -0.455 e. The molecule has 2 heterocycles. The Labute approximate surface area is 197 Å². The van der Waals surface area contributed by atoms with Crippen LogP contribution in [0.2, 0.25) is 0 Å². The molecule has 1 unspecified atom stereocenters. The highest BCUT2D eigenvalue weighted by atomic mass is 16.3. The number of benzene rings is 5. The lowest BCUT2D eigenvalue weighted by Gasteiger charge is -2.16. The zero-order valence-corrected chi connectivity index (χ0v) is 18.5. The summed E-state index contributed by atoms with van der Waals surface area (Å²) >= 11 is 0. The second-order valence-corrected chi connectivity index (χ2v) is 8.76. The summed E-state index contributed by atoms with van der Waals surface area (Å²) in [7, 11) is 0. The first kappa shape index (κ1) is 19.1. The number of hydrogen-bond donors (Lipinski definition) is 0. The van der Waals surface area contributed by atoms with E-state index in [9.17, 15) is 0 Å². The van der Waals surface area contributed by atoms with E-state index in [0.717, 1.165) is 38.9 Å². The summed E-state index contributed by atoms with van der Waals surface area (Å²) in [5.41, 5.74) is 9.85. The Morgan fingerprint density at radius 2 is 1.26 bits per heavy atom. The summed E-state index contributed by atoms with van der Waals surface area (Å²) in [5.74, 6) is 0.0554. The highest BCUT2D eigenvalue weighted by Gasteiger charge is 2.31. The first-order valence-corrected chi connectivity index (χ1v) is 11.6. The van der Waals surface area contributed by atoms with Gasteiger partial charge in [-0.15, -0.1) is 0 Å². The molecular weight excluding hydrogens is 414 g/mol. The molecule has 0 N–H and O–H groups in total. The number of aliphatic imine (C=N–C) groups is 1. The van der Waals surface area contributed by atoms with Gasteiger partial charge in [-0.05, 0) is 40.5 Å². The lowest BCUT2D eigenvalue weighted by molar-refractivity contribution is 0.668. The van der Waals surface area contributed by atoms with Crippen molar-refractivity contribution in [1.29, 1.82) is 0 Å². The molecule has 0 saturated heterocycles. The van der Waals surface area contributed by atoms with Crippen molar-refractivity contribution in [3.63, 3.8) is 0 Å². The molecule has 5 aromatic carbocycles. The maximum Gasteiger partial charge on any atom is 0.144 e. The van der Waals surface area contributed by atoms with Gasteiger partial charge in [0.05, 0.1) is 17.3 Å². The summed E-state index contributed by atoms with van der Waals surface area (Å²) in [6.07, 6.45) is 0. The average Bonchev–Trinajstić information content (AvgIpc) is 3.48. The number of nitrogens with zero attached hydrogens (tertiary/aromatic N) is 1. The van der Waals surface area contributed by atoms with Crippen molar-refractivity contribution in [2.75, 3.05) is 0 Å². The van der Waals surface area contributed by atoms with Crippen LogP contribution >= 0.6 is 0 Å². The van der Waals surface area contributed by atoms with E-state index in [4.69, 9.17) is 9.41 Å². The van der Waals surface area contributed by atoms with E-state index < -0.39 is 0 Å². The Kier molecular flexibility index (Phi) is 4.25. The molecule has 1 atom stereocenters. The molecule has 0 radical (unpaired) electrons. The van der Waals surface area contributed by atoms with Gasteiger partial charge in [-0.2, -0.15) is 0 Å². The van der Waals surface area contributed by atoms with Crippen molar-refractivity contribution in [2.24, 2.45) is 4.99 Å². The molecule has 0 aliphatic carbocycles. The molecule has 0 saturated carbocycles. The maximum atomic E-state index is 6.38. The standard InChI is InChI=1S/C32H21NO/c1-2-9-21(10-3-1)22-17-19-23(20-18-22)30-26-12-4-6-15-28(26)33-31(30)27-14-8-13-25-24-11-5-7-16-29(24)34-32(25)27/h1-20,30H. The van der Waals surface area contributed by atoms with Crippen LogP contribution in [0, 0.1) is 0 Å². The average molecular weight is 436 g/mol. The Bertz CT molecular complexity index is 1690. The van der Waals surface area contributed by atoms with Crippen LogP contribution in [-0.4, -0.2) is 5.71 Å². The van der Waals surface area contributed by atoms with E-state index in [-0.39, 0.29) is 5.92 Å². The SMILES string of the molecule is c1ccc(-c2ccc(C3C(c4cccc5c4oc4ccccc45)=Nc4ccccc43)cc2)cc1. The van der Waals surface area contributed by atoms with Gasteiger partial charge in [-0.3, -0.25) is 4.99 Å². The van der Waals surface area contributed by atoms with E-state index in [1.54, 1.807) is 0 Å². The second-order valence-electron chi connectivity index (χ2n) is 8.76. The normalized spacial score (nSPS) is 14.9. The van der Waals surface area contributed by atoms with Gasteiger partial charge < -0.3 is 4.42 Å². The van der Waals surface area contributed by atoms with Gasteiger partial charge in [0, 0.05) is 16.3 Å². The smallest absolute Gasteiger partial charge is 0.144 e. The summed E-state index contributed by atoms with van der Waals surface area (Å²) in [5, 5.41) is 2.27. The van der Waals surface area contributed by atoms with Gasteiger partial charge in [-0.25, -0.2) is 0 Å². The molecule has 34 heavy (non-hydrogen) atoms. The third-order valence-electron chi connectivity index (χ3n) is 6.79. The molecule has 160 valence electrons. The van der Waals surface area contributed by atoms with Gasteiger partial charge in [-0.1, -0.05) is 103 Å². The number of fused-ring (bicyclic) bond motifs is 4. The van der Waals surface area contributed by atoms with Gasteiger partial charge in [0.1, 0.15) is 11.2 Å². The van der Waals surface area contributed by atoms with E-state index in [0.29, 0.717) is 0 Å². The Hall–Kier alpha value is -4.43. The van der Waals surface area contributed by atoms with E-state index in [2.05, 4.69) is 109 Å². The molecule has 0 spiro atoms. The van der Waals surface area contributed by atoms with Gasteiger partial charge in [0.15, 0.2) is 0 Å². The topological polar surface area (TPSA) is 25.5 Å². The van der Waals surface area contributed by atoms with Crippen LogP contribution in [0.1, 0.15) is 22.6 Å². The Balaban J connectivity index is 1.40. The third kappa shape index (κ3) is 2.93. The highest BCUT2D eigenvalue weighted by Crippen LogP contribution is 2.44. The Morgan fingerprint density at radius 1 is 0.559 bits per heavy atom. The van der Waals surface area contributed by atoms with Crippen molar-refractivity contribution in [2.45, 2.75) is 5.92 Å². The predicted octanol–water partition coefficient (Wildman–Crippen LogP) is 8.52. The highest BCUT2D eigenvalue weighted by molar-refractivity contribution is 6.20. The molecule has 2 heteroatoms. The maximum absolute atomic E-state index is 6.38. The van der Waals surface area contributed by atoms with Crippen molar-refractivity contribution < 1.29 is 4.42 Å². The summed E-state index contributed by atoms with van der Waals surface area (Å²) in [6.45, 7) is 0. The molecular formula is C32H21NO. The fourth-order valence-corrected chi connectivity index (χ4v) is 5.18. The molecule has 0 fully saturated rings. The number of hydrogen-bond acceptors (Lipinski definition) is 2. The van der Waals surface area contributed by atoms with Crippen LogP contribution < -0.4 is 0 Å². The number of rotatable bonds is 3. The van der Waals surface area contributed by atoms with Gasteiger partial charge in [0.2, 0.25) is 0 Å². The first-order valence-electron chi connectivity index (χ1n) is 11.6. The van der Waals surface area contributed by atoms with Gasteiger partial charge in [0.25, 0.3) is 0 Å². The molecule has 6 aromatic rings. The third-order valence-corrected chi connectivity index (χ3v) is 6.79. The van der Waals surface area contributed by atoms with Crippen LogP contribution in [0.15, 0.2) is 131 Å². The van der Waals surface area contributed by atoms with Crippen LogP contribution in [-0.2, 0) is 0 Å². The quantitative estimate of drug-likeness (QED) is 0.273. The molecule has 1 aliphatic heterocycles. The predicted molar refractivity (Wildman–Crippen MR) is 140 cm³/mol. The van der Waals surface area contributed by atoms with Crippen LogP contribution in [0.25, 0.3) is 33.1 Å². The largest absolute Gasteiger partial charge is 0.455 e. The monoisotopic (exact) mass is 435 g/mol. The zero-order chi connectivity index (χ0) is 22.5. The van der Waals surface area contributed by atoms with Crippen LogP contribution in [0.5, 0.6) is 0 Å². The fourth-order valence-electron chi connectivity index (χ4n) is 5.18. The molecule has 1 aromatic heterocycles. The van der Waals surface area contributed by atoms with E-state index in [1.165, 1.54) is 22.3 Å². The van der Waals surface area contributed by atoms with E-state index in [1.807, 2.05) is 12.1 Å². The van der Waals surface area contributed by atoms with Crippen molar-refractivity contribution >= 4 is 33.3 Å². The molecule has 7 rings (SSSR count). The minimum atomic E-state index is 0.0554. The first-order chi connectivity index (χ1) is 16.9. The molecule has 1 aliphatic rings. The lowest BCUT2D eigenvalue weighted by atomic mass is 9.84. The second kappa shape index (κ2) is 7.57. The minimum absolute atomic E-state index is 0.0554. The zero-order valence-electron chi connectivity index (χ0n) is 18.5. The summed E-state index contributed by atoms with van der Waals surface area (Å²) in [6, 6.07) is 42.5. The van der Waals surface area contributed by atoms with Gasteiger partial charge >= 0.3 is 0 Å². The molecule has 2 nitrogen and oxygen atoms in total. The van der Waals surface area contributed by atoms with E-state index >= 15 is 0 Å². The lowest BCUT2D eigenvalue weighted by Crippen LogP contribution is -2.12. The Morgan fingerprint density at radius 3 is 2.15 bits per heavy atom. The summed E-state index contributed by atoms with van der Waals surface area (Å²) < 4.78 is 6.38. The van der Waals surface area contributed by atoms with Crippen molar-refractivity contribution in [1.82, 2.24) is 0 Å². The molecule has 0 amide bonds.